The smallest absolute Gasteiger partial charge is 0.335 e. The molecule has 6 nitrogen and oxygen atoms in total. The lowest BCUT2D eigenvalue weighted by Gasteiger charge is -2.07. The molecule has 3 aromatic rings. The lowest BCUT2D eigenvalue weighted by atomic mass is 10.1. The third-order valence-corrected chi connectivity index (χ3v) is 3.73. The van der Waals surface area contributed by atoms with Crippen LogP contribution < -0.4 is 11.2 Å². The van der Waals surface area contributed by atoms with Crippen LogP contribution in [0.3, 0.4) is 0 Å². The van der Waals surface area contributed by atoms with Crippen molar-refractivity contribution in [3.8, 4) is 0 Å². The number of nitrogens with zero attached hydrogens (tertiary/aromatic N) is 1. The number of aromatic carboxylic acids is 1. The van der Waals surface area contributed by atoms with Crippen molar-refractivity contribution in [2.45, 2.75) is 6.54 Å². The summed E-state index contributed by atoms with van der Waals surface area (Å²) >= 11 is 5.81. The molecule has 0 saturated carbocycles. The fraction of sp³-hybridized carbons (Fsp3) is 0.0625. The van der Waals surface area contributed by atoms with E-state index in [0.717, 1.165) is 10.1 Å². The Kier molecular flexibility index (Phi) is 3.75. The molecule has 2 N–H and O–H groups in total. The maximum atomic E-state index is 12.5. The van der Waals surface area contributed by atoms with Crippen LogP contribution in [0.5, 0.6) is 0 Å². The number of aromatic amines is 1. The van der Waals surface area contributed by atoms with E-state index in [0.29, 0.717) is 10.5 Å². The maximum absolute atomic E-state index is 12.5. The lowest BCUT2D eigenvalue weighted by Crippen LogP contribution is -2.35. The quantitative estimate of drug-likeness (QED) is 0.769. The number of aromatic nitrogens is 2. The van der Waals surface area contributed by atoms with Crippen LogP contribution in [0, 0.1) is 0 Å². The van der Waals surface area contributed by atoms with Crippen molar-refractivity contribution < 1.29 is 9.90 Å². The average molecular weight is 331 g/mol. The van der Waals surface area contributed by atoms with Crippen LogP contribution in [0.4, 0.5) is 0 Å². The standard InChI is InChI=1S/C16H11ClN2O4/c17-11-4-1-9(2-5-11)8-19-14(20)12-7-10(15(21)22)3-6-13(12)18-16(19)23/h1-7H,8H2,(H,18,23)(H,21,22). The van der Waals surface area contributed by atoms with E-state index in [1.165, 1.54) is 18.2 Å². The van der Waals surface area contributed by atoms with Crippen molar-refractivity contribution in [1.82, 2.24) is 9.55 Å². The second-order valence-electron chi connectivity index (χ2n) is 5.01. The van der Waals surface area contributed by atoms with Crippen molar-refractivity contribution in [2.75, 3.05) is 0 Å². The molecule has 1 aromatic heterocycles. The highest BCUT2D eigenvalue weighted by molar-refractivity contribution is 6.30. The molecule has 0 bridgehead atoms. The van der Waals surface area contributed by atoms with E-state index in [2.05, 4.69) is 4.98 Å². The Balaban J connectivity index is 2.16. The van der Waals surface area contributed by atoms with E-state index >= 15 is 0 Å². The highest BCUT2D eigenvalue weighted by Crippen LogP contribution is 2.11. The van der Waals surface area contributed by atoms with Crippen LogP contribution >= 0.6 is 11.6 Å². The Morgan fingerprint density at radius 3 is 2.48 bits per heavy atom. The van der Waals surface area contributed by atoms with Gasteiger partial charge in [0.15, 0.2) is 0 Å². The first kappa shape index (κ1) is 15.1. The average Bonchev–Trinajstić information content (AvgIpc) is 2.53. The summed E-state index contributed by atoms with van der Waals surface area (Å²) in [6, 6.07) is 10.8. The summed E-state index contributed by atoms with van der Waals surface area (Å²) in [5, 5.41) is 9.73. The number of carboxylic acid groups (broad SMARTS) is 1. The number of rotatable bonds is 3. The number of carboxylic acids is 1. The van der Waals surface area contributed by atoms with E-state index in [9.17, 15) is 14.4 Å². The van der Waals surface area contributed by atoms with E-state index in [-0.39, 0.29) is 17.5 Å². The Morgan fingerprint density at radius 2 is 1.83 bits per heavy atom. The van der Waals surface area contributed by atoms with Gasteiger partial charge in [0.2, 0.25) is 0 Å². The SMILES string of the molecule is O=C(O)c1ccc2[nH]c(=O)n(Cc3ccc(Cl)cc3)c(=O)c2c1. The zero-order valence-corrected chi connectivity index (χ0v) is 12.5. The summed E-state index contributed by atoms with van der Waals surface area (Å²) in [6.45, 7) is 0.0680. The summed E-state index contributed by atoms with van der Waals surface area (Å²) in [5.74, 6) is -1.14. The summed E-state index contributed by atoms with van der Waals surface area (Å²) < 4.78 is 1.03. The van der Waals surface area contributed by atoms with Gasteiger partial charge in [0.1, 0.15) is 0 Å². The fourth-order valence-electron chi connectivity index (χ4n) is 2.30. The number of halogens is 1. The van der Waals surface area contributed by atoms with Gasteiger partial charge in [-0.1, -0.05) is 23.7 Å². The molecule has 0 saturated heterocycles. The molecule has 0 radical (unpaired) electrons. The molecule has 0 atom stereocenters. The van der Waals surface area contributed by atoms with Gasteiger partial charge in [-0.3, -0.25) is 9.36 Å². The van der Waals surface area contributed by atoms with Crippen molar-refractivity contribution >= 4 is 28.5 Å². The van der Waals surface area contributed by atoms with Gasteiger partial charge in [0.25, 0.3) is 5.56 Å². The molecular weight excluding hydrogens is 320 g/mol. The van der Waals surface area contributed by atoms with Gasteiger partial charge in [-0.2, -0.15) is 0 Å². The summed E-state index contributed by atoms with van der Waals surface area (Å²) in [7, 11) is 0. The number of hydrogen-bond acceptors (Lipinski definition) is 3. The minimum atomic E-state index is -1.14. The van der Waals surface area contributed by atoms with Gasteiger partial charge >= 0.3 is 11.7 Å². The summed E-state index contributed by atoms with van der Waals surface area (Å²) in [6.07, 6.45) is 0. The zero-order chi connectivity index (χ0) is 16.6. The molecule has 0 aliphatic rings. The second-order valence-corrected chi connectivity index (χ2v) is 5.45. The molecule has 0 fully saturated rings. The molecular formula is C16H11ClN2O4. The van der Waals surface area contributed by atoms with Gasteiger partial charge < -0.3 is 10.1 Å². The number of nitrogens with one attached hydrogen (secondary N) is 1. The Labute approximate surface area is 134 Å². The first-order valence-electron chi connectivity index (χ1n) is 6.70. The summed E-state index contributed by atoms with van der Waals surface area (Å²) in [4.78, 5) is 38.3. The van der Waals surface area contributed by atoms with Crippen molar-refractivity contribution in [3.63, 3.8) is 0 Å². The van der Waals surface area contributed by atoms with Gasteiger partial charge in [-0.05, 0) is 35.9 Å². The topological polar surface area (TPSA) is 92.2 Å². The van der Waals surface area contributed by atoms with Crippen molar-refractivity contribution in [2.24, 2.45) is 0 Å². The Morgan fingerprint density at radius 1 is 1.13 bits per heavy atom. The lowest BCUT2D eigenvalue weighted by molar-refractivity contribution is 0.0697. The molecule has 23 heavy (non-hydrogen) atoms. The van der Waals surface area contributed by atoms with E-state index < -0.39 is 17.2 Å². The summed E-state index contributed by atoms with van der Waals surface area (Å²) in [5.41, 5.74) is -0.0740. The predicted octanol–water partition coefficient (Wildman–Crippen LogP) is 2.09. The molecule has 0 spiro atoms. The minimum absolute atomic E-state index is 0.0142. The monoisotopic (exact) mass is 330 g/mol. The Hall–Kier alpha value is -2.86. The maximum Gasteiger partial charge on any atom is 0.335 e. The van der Waals surface area contributed by atoms with Gasteiger partial charge in [0.05, 0.1) is 23.0 Å². The van der Waals surface area contributed by atoms with Gasteiger partial charge in [-0.15, -0.1) is 0 Å². The first-order chi connectivity index (χ1) is 11.0. The van der Waals surface area contributed by atoms with Crippen LogP contribution in [0.1, 0.15) is 15.9 Å². The molecule has 0 aliphatic carbocycles. The number of hydrogen-bond donors (Lipinski definition) is 2. The van der Waals surface area contributed by atoms with Crippen molar-refractivity contribution in [1.29, 1.82) is 0 Å². The molecule has 2 aromatic carbocycles. The molecule has 116 valence electrons. The first-order valence-corrected chi connectivity index (χ1v) is 7.08. The third kappa shape index (κ3) is 2.89. The molecule has 0 unspecified atom stereocenters. The molecule has 3 rings (SSSR count). The van der Waals surface area contributed by atoms with Crippen LogP contribution in [-0.2, 0) is 6.54 Å². The van der Waals surface area contributed by atoms with Crippen LogP contribution in [-0.4, -0.2) is 20.6 Å². The van der Waals surface area contributed by atoms with Crippen LogP contribution in [0.25, 0.3) is 10.9 Å². The van der Waals surface area contributed by atoms with Gasteiger partial charge in [-0.25, -0.2) is 9.59 Å². The highest BCUT2D eigenvalue weighted by atomic mass is 35.5. The molecule has 1 heterocycles. The Bertz CT molecular complexity index is 1020. The molecule has 0 amide bonds. The molecule has 7 heteroatoms. The number of H-pyrrole nitrogens is 1. The van der Waals surface area contributed by atoms with Crippen LogP contribution in [0.15, 0.2) is 52.1 Å². The highest BCUT2D eigenvalue weighted by Gasteiger charge is 2.11. The van der Waals surface area contributed by atoms with E-state index in [4.69, 9.17) is 16.7 Å². The predicted molar refractivity (Wildman–Crippen MR) is 86.3 cm³/mol. The van der Waals surface area contributed by atoms with E-state index in [1.54, 1.807) is 24.3 Å². The number of fused-ring (bicyclic) bond motifs is 1. The largest absolute Gasteiger partial charge is 0.478 e. The fourth-order valence-corrected chi connectivity index (χ4v) is 2.43. The zero-order valence-electron chi connectivity index (χ0n) is 11.7. The van der Waals surface area contributed by atoms with Crippen LogP contribution in [0.2, 0.25) is 5.02 Å². The minimum Gasteiger partial charge on any atom is -0.478 e. The molecule has 0 aliphatic heterocycles. The third-order valence-electron chi connectivity index (χ3n) is 3.48. The number of carbonyl (C=O) groups is 1. The van der Waals surface area contributed by atoms with Gasteiger partial charge in [0, 0.05) is 5.02 Å². The number of benzene rings is 2. The second kappa shape index (κ2) is 5.73. The van der Waals surface area contributed by atoms with E-state index in [1.807, 2.05) is 0 Å². The van der Waals surface area contributed by atoms with Crippen molar-refractivity contribution in [3.05, 3.63) is 79.5 Å². The normalized spacial score (nSPS) is 10.8.